The van der Waals surface area contributed by atoms with Gasteiger partial charge in [-0.3, -0.25) is 4.79 Å². The number of Topliss-reactive ketones (excluding diaryl/α,β-unsaturated/α-hetero) is 1. The Labute approximate surface area is 93.2 Å². The van der Waals surface area contributed by atoms with E-state index in [4.69, 9.17) is 4.74 Å². The largest absolute Gasteiger partial charge is 0.454 e. The first kappa shape index (κ1) is 12.4. The number of hydrogen-bond acceptors (Lipinski definition) is 3. The molecule has 0 radical (unpaired) electrons. The normalized spacial score (nSPS) is 11.0. The zero-order chi connectivity index (χ0) is 12.3. The molecule has 4 heteroatoms. The average Bonchev–Trinajstić information content (AvgIpc) is 2.15. The van der Waals surface area contributed by atoms with Gasteiger partial charge in [0.15, 0.2) is 0 Å². The highest BCUT2D eigenvalue weighted by atomic mass is 19.1. The Kier molecular flexibility index (Phi) is 3.42. The van der Waals surface area contributed by atoms with Crippen molar-refractivity contribution in [2.75, 3.05) is 0 Å². The SMILES string of the molecule is CC(C)(C)OC(=O)C(=O)c1ccc(F)cc1. The van der Waals surface area contributed by atoms with Crippen LogP contribution in [0.4, 0.5) is 4.39 Å². The van der Waals surface area contributed by atoms with E-state index in [1.54, 1.807) is 20.8 Å². The van der Waals surface area contributed by atoms with Gasteiger partial charge in [-0.2, -0.15) is 0 Å². The van der Waals surface area contributed by atoms with Gasteiger partial charge in [-0.25, -0.2) is 9.18 Å². The maximum absolute atomic E-state index is 12.6. The van der Waals surface area contributed by atoms with Gasteiger partial charge in [0.1, 0.15) is 11.4 Å². The molecule has 0 spiro atoms. The third-order valence-corrected chi connectivity index (χ3v) is 1.69. The van der Waals surface area contributed by atoms with Crippen molar-refractivity contribution in [1.82, 2.24) is 0 Å². The maximum Gasteiger partial charge on any atom is 0.380 e. The van der Waals surface area contributed by atoms with Crippen LogP contribution in [0.2, 0.25) is 0 Å². The molecule has 1 rings (SSSR count). The van der Waals surface area contributed by atoms with Gasteiger partial charge in [-0.1, -0.05) is 0 Å². The van der Waals surface area contributed by atoms with Crippen molar-refractivity contribution in [3.63, 3.8) is 0 Å². The van der Waals surface area contributed by atoms with E-state index in [9.17, 15) is 14.0 Å². The van der Waals surface area contributed by atoms with E-state index in [2.05, 4.69) is 0 Å². The number of hydrogen-bond donors (Lipinski definition) is 0. The maximum atomic E-state index is 12.6. The summed E-state index contributed by atoms with van der Waals surface area (Å²) in [7, 11) is 0. The van der Waals surface area contributed by atoms with Crippen LogP contribution in [0.25, 0.3) is 0 Å². The average molecular weight is 224 g/mol. The molecule has 0 N–H and O–H groups in total. The molecule has 0 unspecified atom stereocenters. The van der Waals surface area contributed by atoms with Crippen LogP contribution in [0.15, 0.2) is 24.3 Å². The van der Waals surface area contributed by atoms with Crippen LogP contribution in [0.5, 0.6) is 0 Å². The van der Waals surface area contributed by atoms with Crippen molar-refractivity contribution in [2.45, 2.75) is 26.4 Å². The first-order chi connectivity index (χ1) is 7.29. The highest BCUT2D eigenvalue weighted by Crippen LogP contribution is 2.10. The van der Waals surface area contributed by atoms with Gasteiger partial charge < -0.3 is 4.74 Å². The molecule has 0 fully saturated rings. The molecule has 0 saturated heterocycles. The number of rotatable bonds is 2. The smallest absolute Gasteiger partial charge is 0.380 e. The summed E-state index contributed by atoms with van der Waals surface area (Å²) in [4.78, 5) is 22.9. The highest BCUT2D eigenvalue weighted by molar-refractivity contribution is 6.40. The molecule has 0 aliphatic carbocycles. The van der Waals surface area contributed by atoms with Crippen LogP contribution in [0.1, 0.15) is 31.1 Å². The molecule has 0 aliphatic rings. The number of ether oxygens (including phenoxy) is 1. The minimum Gasteiger partial charge on any atom is -0.454 e. The molecule has 1 aromatic rings. The van der Waals surface area contributed by atoms with E-state index in [-0.39, 0.29) is 5.56 Å². The quantitative estimate of drug-likeness (QED) is 0.440. The van der Waals surface area contributed by atoms with Gasteiger partial charge in [0, 0.05) is 5.56 Å². The first-order valence-electron chi connectivity index (χ1n) is 4.83. The van der Waals surface area contributed by atoms with Gasteiger partial charge in [0.2, 0.25) is 0 Å². The topological polar surface area (TPSA) is 43.4 Å². The Morgan fingerprint density at radius 1 is 1.12 bits per heavy atom. The Balaban J connectivity index is 2.79. The Morgan fingerprint density at radius 3 is 2.06 bits per heavy atom. The van der Waals surface area contributed by atoms with E-state index in [1.165, 1.54) is 12.1 Å². The molecule has 86 valence electrons. The molecule has 0 aliphatic heterocycles. The highest BCUT2D eigenvalue weighted by Gasteiger charge is 2.23. The Bertz CT molecular complexity index is 401. The fourth-order valence-corrected chi connectivity index (χ4v) is 1.04. The molecule has 0 bridgehead atoms. The fourth-order valence-electron chi connectivity index (χ4n) is 1.04. The number of halogens is 1. The van der Waals surface area contributed by atoms with E-state index in [0.29, 0.717) is 0 Å². The number of esters is 1. The molecule has 0 saturated carbocycles. The van der Waals surface area contributed by atoms with Crippen molar-refractivity contribution in [2.24, 2.45) is 0 Å². The van der Waals surface area contributed by atoms with Gasteiger partial charge >= 0.3 is 5.97 Å². The third kappa shape index (κ3) is 3.46. The second-order valence-corrected chi connectivity index (χ2v) is 4.34. The molecule has 0 atom stereocenters. The predicted molar refractivity (Wildman–Crippen MR) is 56.6 cm³/mol. The van der Waals surface area contributed by atoms with E-state index >= 15 is 0 Å². The minimum absolute atomic E-state index is 0.121. The number of carbonyl (C=O) groups excluding carboxylic acids is 2. The number of carbonyl (C=O) groups is 2. The fraction of sp³-hybridized carbons (Fsp3) is 0.333. The van der Waals surface area contributed by atoms with Crippen LogP contribution in [-0.4, -0.2) is 17.4 Å². The Morgan fingerprint density at radius 2 is 1.62 bits per heavy atom. The molecule has 0 amide bonds. The molecule has 0 aromatic heterocycles. The summed E-state index contributed by atoms with van der Waals surface area (Å²) in [6.07, 6.45) is 0. The lowest BCUT2D eigenvalue weighted by atomic mass is 10.1. The second-order valence-electron chi connectivity index (χ2n) is 4.34. The summed E-state index contributed by atoms with van der Waals surface area (Å²) in [6, 6.07) is 4.75. The molecule has 3 nitrogen and oxygen atoms in total. The monoisotopic (exact) mass is 224 g/mol. The van der Waals surface area contributed by atoms with E-state index in [1.807, 2.05) is 0 Å². The molecular formula is C12H13FO3. The van der Waals surface area contributed by atoms with Crippen LogP contribution in [-0.2, 0) is 9.53 Å². The molecule has 0 heterocycles. The number of ketones is 1. The lowest BCUT2D eigenvalue weighted by Crippen LogP contribution is -2.28. The van der Waals surface area contributed by atoms with Crippen molar-refractivity contribution in [1.29, 1.82) is 0 Å². The zero-order valence-electron chi connectivity index (χ0n) is 9.41. The predicted octanol–water partition coefficient (Wildman–Crippen LogP) is 2.35. The van der Waals surface area contributed by atoms with Gasteiger partial charge in [-0.15, -0.1) is 0 Å². The molecule has 1 aromatic carbocycles. The van der Waals surface area contributed by atoms with Gasteiger partial charge in [0.25, 0.3) is 5.78 Å². The zero-order valence-corrected chi connectivity index (χ0v) is 9.41. The first-order valence-corrected chi connectivity index (χ1v) is 4.83. The lowest BCUT2D eigenvalue weighted by Gasteiger charge is -2.18. The van der Waals surface area contributed by atoms with Crippen LogP contribution in [0.3, 0.4) is 0 Å². The summed E-state index contributed by atoms with van der Waals surface area (Å²) >= 11 is 0. The van der Waals surface area contributed by atoms with E-state index in [0.717, 1.165) is 12.1 Å². The summed E-state index contributed by atoms with van der Waals surface area (Å²) in [5.41, 5.74) is -0.595. The Hall–Kier alpha value is -1.71. The standard InChI is InChI=1S/C12H13FO3/c1-12(2,3)16-11(15)10(14)8-4-6-9(13)7-5-8/h4-7H,1-3H3. The third-order valence-electron chi connectivity index (χ3n) is 1.69. The van der Waals surface area contributed by atoms with Crippen molar-refractivity contribution >= 4 is 11.8 Å². The summed E-state index contributed by atoms with van der Waals surface area (Å²) in [5, 5.41) is 0. The van der Waals surface area contributed by atoms with Crippen LogP contribution in [0, 0.1) is 5.82 Å². The van der Waals surface area contributed by atoms with Crippen LogP contribution < -0.4 is 0 Å². The summed E-state index contributed by atoms with van der Waals surface area (Å²) in [5.74, 6) is -2.16. The van der Waals surface area contributed by atoms with Crippen molar-refractivity contribution in [3.05, 3.63) is 35.6 Å². The van der Waals surface area contributed by atoms with Gasteiger partial charge in [-0.05, 0) is 45.0 Å². The molecule has 16 heavy (non-hydrogen) atoms. The second kappa shape index (κ2) is 4.43. The van der Waals surface area contributed by atoms with Gasteiger partial charge in [0.05, 0.1) is 0 Å². The molecular weight excluding hydrogens is 211 g/mol. The number of benzene rings is 1. The minimum atomic E-state index is -0.931. The van der Waals surface area contributed by atoms with E-state index < -0.39 is 23.2 Å². The van der Waals surface area contributed by atoms with Crippen molar-refractivity contribution in [3.8, 4) is 0 Å². The summed E-state index contributed by atoms with van der Waals surface area (Å²) < 4.78 is 17.5. The van der Waals surface area contributed by atoms with Crippen LogP contribution >= 0.6 is 0 Å². The summed E-state index contributed by atoms with van der Waals surface area (Å²) in [6.45, 7) is 5.01. The van der Waals surface area contributed by atoms with Crippen molar-refractivity contribution < 1.29 is 18.7 Å². The lowest BCUT2D eigenvalue weighted by molar-refractivity contribution is -0.148.